The van der Waals surface area contributed by atoms with Crippen LogP contribution in [-0.4, -0.2) is 18.2 Å². The van der Waals surface area contributed by atoms with E-state index in [9.17, 15) is 0 Å². The highest BCUT2D eigenvalue weighted by Gasteiger charge is 2.38. The van der Waals surface area contributed by atoms with Gasteiger partial charge >= 0.3 is 0 Å². The first-order valence-electron chi connectivity index (χ1n) is 3.27. The predicted octanol–water partition coefficient (Wildman–Crippen LogP) is 0.265. The molecule has 2 aliphatic heterocycles. The second-order valence-corrected chi connectivity index (χ2v) is 2.77. The van der Waals surface area contributed by atoms with Crippen molar-refractivity contribution in [2.75, 3.05) is 0 Å². The monoisotopic (exact) mass is 113 g/mol. The highest BCUT2D eigenvalue weighted by Crippen LogP contribution is 2.32. The topological polar surface area (TPSA) is 35.2 Å². The number of nitrogens with two attached hydrogens (primary N) is 1. The number of fused-ring (bicyclic) bond motifs is 2. The summed E-state index contributed by atoms with van der Waals surface area (Å²) in [6.07, 6.45) is 4.49. The van der Waals surface area contributed by atoms with Gasteiger partial charge in [-0.3, -0.25) is 0 Å². The minimum absolute atomic E-state index is 0.355. The Bertz CT molecular complexity index is 103. The number of hydrogen-bond acceptors (Lipinski definition) is 2. The van der Waals surface area contributed by atoms with E-state index in [2.05, 4.69) is 0 Å². The number of ether oxygens (including phenoxy) is 1. The lowest BCUT2D eigenvalue weighted by molar-refractivity contribution is 0.101. The molecule has 2 N–H and O–H groups in total. The third-order valence-electron chi connectivity index (χ3n) is 2.15. The molecule has 2 heteroatoms. The Morgan fingerprint density at radius 2 is 2.25 bits per heavy atom. The summed E-state index contributed by atoms with van der Waals surface area (Å²) in [5, 5.41) is 0. The Morgan fingerprint density at radius 1 is 1.38 bits per heavy atom. The maximum absolute atomic E-state index is 5.69. The van der Waals surface area contributed by atoms with Crippen molar-refractivity contribution in [3.05, 3.63) is 0 Å². The van der Waals surface area contributed by atoms with Crippen LogP contribution < -0.4 is 5.73 Å². The average Bonchev–Trinajstić information content (AvgIpc) is 2.23. The molecule has 2 aliphatic rings. The van der Waals surface area contributed by atoms with Gasteiger partial charge in [0.05, 0.1) is 12.2 Å². The fourth-order valence-electron chi connectivity index (χ4n) is 1.68. The molecule has 0 aromatic carbocycles. The molecule has 0 unspecified atom stereocenters. The van der Waals surface area contributed by atoms with Gasteiger partial charge in [0, 0.05) is 6.04 Å². The van der Waals surface area contributed by atoms with Crippen LogP contribution in [0.3, 0.4) is 0 Å². The Morgan fingerprint density at radius 3 is 2.50 bits per heavy atom. The standard InChI is InChI=1S/C6H11NO/c7-5-3-4-1-2-6(5)8-4/h4-6H,1-3,7H2/t4-,5-,6-/m1/s1. The van der Waals surface area contributed by atoms with E-state index in [0.29, 0.717) is 18.2 Å². The molecular formula is C6H11NO. The highest BCUT2D eigenvalue weighted by atomic mass is 16.5. The van der Waals surface area contributed by atoms with Crippen LogP contribution in [0.25, 0.3) is 0 Å². The first-order valence-corrected chi connectivity index (χ1v) is 3.27. The summed E-state index contributed by atoms with van der Waals surface area (Å²) in [4.78, 5) is 0. The van der Waals surface area contributed by atoms with E-state index in [0.717, 1.165) is 6.42 Å². The van der Waals surface area contributed by atoms with Gasteiger partial charge in [-0.2, -0.15) is 0 Å². The zero-order chi connectivity index (χ0) is 5.56. The first kappa shape index (κ1) is 4.77. The third kappa shape index (κ3) is 0.501. The summed E-state index contributed by atoms with van der Waals surface area (Å²) in [6.45, 7) is 0. The van der Waals surface area contributed by atoms with Crippen LogP contribution in [0, 0.1) is 0 Å². The fraction of sp³-hybridized carbons (Fsp3) is 1.00. The van der Waals surface area contributed by atoms with Gasteiger partial charge in [0.1, 0.15) is 0 Å². The summed E-state index contributed by atoms with van der Waals surface area (Å²) in [7, 11) is 0. The molecule has 2 fully saturated rings. The van der Waals surface area contributed by atoms with Crippen molar-refractivity contribution in [3.63, 3.8) is 0 Å². The maximum Gasteiger partial charge on any atom is 0.0731 e. The lowest BCUT2D eigenvalue weighted by atomic mass is 9.97. The molecule has 2 bridgehead atoms. The SMILES string of the molecule is N[C@@H]1C[C@H]2CC[C@H]1O2. The summed E-state index contributed by atoms with van der Waals surface area (Å²) < 4.78 is 5.46. The van der Waals surface area contributed by atoms with Crippen LogP contribution in [0.1, 0.15) is 19.3 Å². The van der Waals surface area contributed by atoms with Crippen LogP contribution in [0.15, 0.2) is 0 Å². The van der Waals surface area contributed by atoms with Gasteiger partial charge < -0.3 is 10.5 Å². The van der Waals surface area contributed by atoms with Crippen LogP contribution in [0.2, 0.25) is 0 Å². The van der Waals surface area contributed by atoms with Crippen molar-refractivity contribution in [3.8, 4) is 0 Å². The Labute approximate surface area is 49.0 Å². The zero-order valence-corrected chi connectivity index (χ0v) is 4.84. The van der Waals surface area contributed by atoms with E-state index >= 15 is 0 Å². The molecule has 0 spiro atoms. The van der Waals surface area contributed by atoms with Gasteiger partial charge in [-0.1, -0.05) is 0 Å². The minimum atomic E-state index is 0.355. The van der Waals surface area contributed by atoms with Crippen LogP contribution in [0.5, 0.6) is 0 Å². The fourth-order valence-corrected chi connectivity index (χ4v) is 1.68. The molecule has 2 saturated heterocycles. The largest absolute Gasteiger partial charge is 0.373 e. The van der Waals surface area contributed by atoms with Crippen molar-refractivity contribution in [2.24, 2.45) is 5.73 Å². The average molecular weight is 113 g/mol. The zero-order valence-electron chi connectivity index (χ0n) is 4.84. The molecule has 2 rings (SSSR count). The molecule has 0 saturated carbocycles. The van der Waals surface area contributed by atoms with E-state index < -0.39 is 0 Å². The van der Waals surface area contributed by atoms with E-state index in [1.165, 1.54) is 12.8 Å². The quantitative estimate of drug-likeness (QED) is 0.489. The van der Waals surface area contributed by atoms with Crippen molar-refractivity contribution in [1.29, 1.82) is 0 Å². The molecule has 0 radical (unpaired) electrons. The second kappa shape index (κ2) is 1.45. The van der Waals surface area contributed by atoms with Crippen molar-refractivity contribution >= 4 is 0 Å². The predicted molar refractivity (Wildman–Crippen MR) is 30.5 cm³/mol. The summed E-state index contributed by atoms with van der Waals surface area (Å²) in [6, 6.07) is 0.355. The number of hydrogen-bond donors (Lipinski definition) is 1. The van der Waals surface area contributed by atoms with Gasteiger partial charge in [0.25, 0.3) is 0 Å². The molecule has 0 aromatic rings. The molecule has 0 aliphatic carbocycles. The molecule has 3 atom stereocenters. The van der Waals surface area contributed by atoms with Crippen LogP contribution >= 0.6 is 0 Å². The lowest BCUT2D eigenvalue weighted by Crippen LogP contribution is -2.30. The summed E-state index contributed by atoms with van der Waals surface area (Å²) in [5.41, 5.74) is 5.69. The van der Waals surface area contributed by atoms with E-state index in [1.807, 2.05) is 0 Å². The minimum Gasteiger partial charge on any atom is -0.373 e. The third-order valence-corrected chi connectivity index (χ3v) is 2.15. The van der Waals surface area contributed by atoms with Gasteiger partial charge in [-0.05, 0) is 19.3 Å². The smallest absolute Gasteiger partial charge is 0.0731 e. The van der Waals surface area contributed by atoms with Crippen molar-refractivity contribution < 1.29 is 4.74 Å². The van der Waals surface area contributed by atoms with Crippen LogP contribution in [-0.2, 0) is 4.74 Å². The Hall–Kier alpha value is -0.0800. The molecule has 2 nitrogen and oxygen atoms in total. The molecular weight excluding hydrogens is 102 g/mol. The van der Waals surface area contributed by atoms with Crippen LogP contribution in [0.4, 0.5) is 0 Å². The molecule has 0 aromatic heterocycles. The lowest BCUT2D eigenvalue weighted by Gasteiger charge is -2.11. The van der Waals surface area contributed by atoms with Crippen molar-refractivity contribution in [1.82, 2.24) is 0 Å². The van der Waals surface area contributed by atoms with E-state index in [4.69, 9.17) is 10.5 Å². The Balaban J connectivity index is 2.11. The van der Waals surface area contributed by atoms with Gasteiger partial charge in [0.15, 0.2) is 0 Å². The highest BCUT2D eigenvalue weighted by molar-refractivity contribution is 4.91. The summed E-state index contributed by atoms with van der Waals surface area (Å²) >= 11 is 0. The van der Waals surface area contributed by atoms with E-state index in [-0.39, 0.29) is 0 Å². The normalized spacial score (nSPS) is 52.9. The van der Waals surface area contributed by atoms with Gasteiger partial charge in [0.2, 0.25) is 0 Å². The maximum atomic E-state index is 5.69. The van der Waals surface area contributed by atoms with Crippen molar-refractivity contribution in [2.45, 2.75) is 37.5 Å². The van der Waals surface area contributed by atoms with Gasteiger partial charge in [-0.25, -0.2) is 0 Å². The molecule has 0 amide bonds. The molecule has 46 valence electrons. The second-order valence-electron chi connectivity index (χ2n) is 2.77. The summed E-state index contributed by atoms with van der Waals surface area (Å²) in [5.74, 6) is 0. The first-order chi connectivity index (χ1) is 3.86. The van der Waals surface area contributed by atoms with E-state index in [1.54, 1.807) is 0 Å². The van der Waals surface area contributed by atoms with Gasteiger partial charge in [-0.15, -0.1) is 0 Å². The molecule has 2 heterocycles. The Kier molecular flexibility index (Phi) is 0.866. The molecule has 8 heavy (non-hydrogen) atoms. The number of rotatable bonds is 0.